The third-order valence-electron chi connectivity index (χ3n) is 1.70. The number of hydrogen-bond donors (Lipinski definition) is 2. The maximum atomic E-state index is 11.3. The summed E-state index contributed by atoms with van der Waals surface area (Å²) in [6.07, 6.45) is 0. The van der Waals surface area contributed by atoms with Crippen molar-refractivity contribution in [3.63, 3.8) is 0 Å². The van der Waals surface area contributed by atoms with Gasteiger partial charge in [0.25, 0.3) is 5.91 Å². The average Bonchev–Trinajstić information content (AvgIpc) is 2.24. The van der Waals surface area contributed by atoms with Gasteiger partial charge in [-0.05, 0) is 32.9 Å². The molecule has 94 valence electrons. The number of aromatic hydroxyl groups is 1. The Morgan fingerprint density at radius 3 is 2.59 bits per heavy atom. The van der Waals surface area contributed by atoms with Gasteiger partial charge in [-0.3, -0.25) is 9.63 Å². The van der Waals surface area contributed by atoms with E-state index < -0.39 is 11.5 Å². The summed E-state index contributed by atoms with van der Waals surface area (Å²) in [5.41, 5.74) is 1.81. The molecule has 1 amide bonds. The molecule has 17 heavy (non-hydrogen) atoms. The summed E-state index contributed by atoms with van der Waals surface area (Å²) in [7, 11) is 0. The number of carbonyl (C=O) groups excluding carboxylic acids is 1. The van der Waals surface area contributed by atoms with E-state index in [1.807, 2.05) is 20.8 Å². The Hall–Kier alpha value is -1.75. The van der Waals surface area contributed by atoms with Gasteiger partial charge in [-0.1, -0.05) is 12.1 Å². The summed E-state index contributed by atoms with van der Waals surface area (Å²) in [4.78, 5) is 16.4. The monoisotopic (exact) mass is 239 g/mol. The van der Waals surface area contributed by atoms with Gasteiger partial charge in [-0.2, -0.15) is 0 Å². The molecule has 1 aromatic rings. The second-order valence-electron chi connectivity index (χ2n) is 4.50. The number of hydroxylamine groups is 1. The summed E-state index contributed by atoms with van der Waals surface area (Å²) in [6, 6.07) is 6.44. The Labute approximate surface area is 100 Å². The molecule has 0 saturated carbocycles. The quantitative estimate of drug-likeness (QED) is 0.783. The predicted molar refractivity (Wildman–Crippen MR) is 62.6 cm³/mol. The normalized spacial score (nSPS) is 11.0. The SMILES string of the molecule is CC(C)(C)ONC(=O)COc1ccccc1O. The second kappa shape index (κ2) is 5.54. The molecule has 0 radical (unpaired) electrons. The van der Waals surface area contributed by atoms with Crippen molar-refractivity contribution in [1.82, 2.24) is 5.48 Å². The van der Waals surface area contributed by atoms with E-state index in [4.69, 9.17) is 9.57 Å². The average molecular weight is 239 g/mol. The number of phenolic OH excluding ortho intramolecular Hbond substituents is 1. The summed E-state index contributed by atoms with van der Waals surface area (Å²) >= 11 is 0. The van der Waals surface area contributed by atoms with Gasteiger partial charge >= 0.3 is 0 Å². The largest absolute Gasteiger partial charge is 0.504 e. The molecule has 0 aliphatic carbocycles. The molecule has 1 rings (SSSR count). The number of rotatable bonds is 4. The Bertz CT molecular complexity index is 384. The van der Waals surface area contributed by atoms with Crippen molar-refractivity contribution >= 4 is 5.91 Å². The molecule has 0 aliphatic heterocycles. The maximum Gasteiger partial charge on any atom is 0.281 e. The number of carbonyl (C=O) groups is 1. The lowest BCUT2D eigenvalue weighted by atomic mass is 10.2. The molecule has 0 saturated heterocycles. The highest BCUT2D eigenvalue weighted by molar-refractivity contribution is 5.76. The Morgan fingerprint density at radius 1 is 1.35 bits per heavy atom. The van der Waals surface area contributed by atoms with E-state index in [9.17, 15) is 9.90 Å². The molecule has 0 bridgehead atoms. The van der Waals surface area contributed by atoms with Gasteiger partial charge in [0.1, 0.15) is 0 Å². The van der Waals surface area contributed by atoms with E-state index in [-0.39, 0.29) is 18.1 Å². The molecule has 0 fully saturated rings. The summed E-state index contributed by atoms with van der Waals surface area (Å²) < 4.78 is 5.12. The zero-order valence-electron chi connectivity index (χ0n) is 10.2. The van der Waals surface area contributed by atoms with E-state index in [2.05, 4.69) is 5.48 Å². The number of ether oxygens (including phenoxy) is 1. The van der Waals surface area contributed by atoms with Crippen molar-refractivity contribution in [2.45, 2.75) is 26.4 Å². The molecule has 0 aromatic heterocycles. The number of nitrogens with one attached hydrogen (secondary N) is 1. The van der Waals surface area contributed by atoms with E-state index in [1.165, 1.54) is 6.07 Å². The van der Waals surface area contributed by atoms with Crippen LogP contribution in [0.2, 0.25) is 0 Å². The van der Waals surface area contributed by atoms with Crippen LogP contribution in [0.25, 0.3) is 0 Å². The van der Waals surface area contributed by atoms with E-state index >= 15 is 0 Å². The lowest BCUT2D eigenvalue weighted by Gasteiger charge is -2.18. The molecule has 5 nitrogen and oxygen atoms in total. The Balaban J connectivity index is 2.36. The lowest BCUT2D eigenvalue weighted by molar-refractivity contribution is -0.147. The van der Waals surface area contributed by atoms with Crippen LogP contribution in [-0.2, 0) is 9.63 Å². The molecule has 0 heterocycles. The fourth-order valence-corrected chi connectivity index (χ4v) is 0.962. The number of benzene rings is 1. The van der Waals surface area contributed by atoms with Crippen LogP contribution >= 0.6 is 0 Å². The first-order chi connectivity index (χ1) is 7.88. The van der Waals surface area contributed by atoms with Crippen LogP contribution in [-0.4, -0.2) is 23.2 Å². The Morgan fingerprint density at radius 2 is 2.00 bits per heavy atom. The van der Waals surface area contributed by atoms with Crippen LogP contribution in [0, 0.1) is 0 Å². The molecule has 0 atom stereocenters. The zero-order valence-corrected chi connectivity index (χ0v) is 10.2. The van der Waals surface area contributed by atoms with Crippen molar-refractivity contribution in [3.05, 3.63) is 24.3 Å². The highest BCUT2D eigenvalue weighted by atomic mass is 16.7. The van der Waals surface area contributed by atoms with Crippen LogP contribution in [0.5, 0.6) is 11.5 Å². The predicted octanol–water partition coefficient (Wildman–Crippen LogP) is 1.62. The van der Waals surface area contributed by atoms with Crippen molar-refractivity contribution in [1.29, 1.82) is 0 Å². The first-order valence-corrected chi connectivity index (χ1v) is 5.26. The first kappa shape index (κ1) is 13.3. The van der Waals surface area contributed by atoms with Gasteiger partial charge in [0.2, 0.25) is 0 Å². The first-order valence-electron chi connectivity index (χ1n) is 5.26. The number of para-hydroxylation sites is 2. The van der Waals surface area contributed by atoms with Crippen LogP contribution in [0.1, 0.15) is 20.8 Å². The van der Waals surface area contributed by atoms with E-state index in [0.717, 1.165) is 0 Å². The Kier molecular flexibility index (Phi) is 4.34. The van der Waals surface area contributed by atoms with Crippen molar-refractivity contribution in [3.8, 4) is 11.5 Å². The molecule has 0 spiro atoms. The summed E-state index contributed by atoms with van der Waals surface area (Å²) in [5, 5.41) is 9.39. The molecular formula is C12H17NO4. The van der Waals surface area contributed by atoms with Gasteiger partial charge in [0, 0.05) is 0 Å². The van der Waals surface area contributed by atoms with Crippen LogP contribution in [0.4, 0.5) is 0 Å². The minimum atomic E-state index is -0.454. The summed E-state index contributed by atoms with van der Waals surface area (Å²) in [6.45, 7) is 5.24. The van der Waals surface area contributed by atoms with Gasteiger partial charge < -0.3 is 9.84 Å². The van der Waals surface area contributed by atoms with Gasteiger partial charge in [0.15, 0.2) is 18.1 Å². The molecule has 0 aliphatic rings. The number of hydrogen-bond acceptors (Lipinski definition) is 4. The third-order valence-corrected chi connectivity index (χ3v) is 1.70. The molecular weight excluding hydrogens is 222 g/mol. The smallest absolute Gasteiger partial charge is 0.281 e. The highest BCUT2D eigenvalue weighted by Crippen LogP contribution is 2.23. The molecule has 2 N–H and O–H groups in total. The topological polar surface area (TPSA) is 67.8 Å². The minimum Gasteiger partial charge on any atom is -0.504 e. The van der Waals surface area contributed by atoms with Crippen LogP contribution in [0.3, 0.4) is 0 Å². The standard InChI is InChI=1S/C12H17NO4/c1-12(2,3)17-13-11(15)8-16-10-7-5-4-6-9(10)14/h4-7,14H,8H2,1-3H3,(H,13,15). The van der Waals surface area contributed by atoms with Crippen LogP contribution < -0.4 is 10.2 Å². The molecule has 0 unspecified atom stereocenters. The maximum absolute atomic E-state index is 11.3. The van der Waals surface area contributed by atoms with Crippen molar-refractivity contribution in [2.75, 3.05) is 6.61 Å². The van der Waals surface area contributed by atoms with Crippen molar-refractivity contribution < 1.29 is 19.5 Å². The molecule has 1 aromatic carbocycles. The molecule has 5 heteroatoms. The minimum absolute atomic E-state index is 0.00274. The van der Waals surface area contributed by atoms with E-state index in [0.29, 0.717) is 0 Å². The second-order valence-corrected chi connectivity index (χ2v) is 4.50. The van der Waals surface area contributed by atoms with Crippen molar-refractivity contribution in [2.24, 2.45) is 0 Å². The fourth-order valence-electron chi connectivity index (χ4n) is 0.962. The third kappa shape index (κ3) is 5.21. The van der Waals surface area contributed by atoms with Gasteiger partial charge in [-0.15, -0.1) is 0 Å². The fraction of sp³-hybridized carbons (Fsp3) is 0.417. The number of phenols is 1. The zero-order chi connectivity index (χ0) is 12.9. The van der Waals surface area contributed by atoms with Gasteiger partial charge in [-0.25, -0.2) is 5.48 Å². The lowest BCUT2D eigenvalue weighted by Crippen LogP contribution is -2.36. The number of amides is 1. The van der Waals surface area contributed by atoms with Crippen LogP contribution in [0.15, 0.2) is 24.3 Å². The highest BCUT2D eigenvalue weighted by Gasteiger charge is 2.13. The van der Waals surface area contributed by atoms with Gasteiger partial charge in [0.05, 0.1) is 5.60 Å². The summed E-state index contributed by atoms with van der Waals surface area (Å²) in [5.74, 6) is -0.154. The van der Waals surface area contributed by atoms with E-state index in [1.54, 1.807) is 18.2 Å².